The zero-order valence-corrected chi connectivity index (χ0v) is 13.7. The van der Waals surface area contributed by atoms with E-state index in [2.05, 4.69) is 23.3 Å². The normalized spacial score (nSPS) is 17.8. The van der Waals surface area contributed by atoms with E-state index in [1.807, 2.05) is 48.5 Å². The van der Waals surface area contributed by atoms with Crippen molar-refractivity contribution in [1.29, 1.82) is 0 Å². The van der Waals surface area contributed by atoms with Gasteiger partial charge in [-0.15, -0.1) is 0 Å². The Bertz CT molecular complexity index is 684. The van der Waals surface area contributed by atoms with Gasteiger partial charge in [-0.2, -0.15) is 0 Å². The van der Waals surface area contributed by atoms with Gasteiger partial charge in [0.25, 0.3) is 5.91 Å². The predicted octanol–water partition coefficient (Wildman–Crippen LogP) is 3.80. The van der Waals surface area contributed by atoms with Crippen LogP contribution < -0.4 is 5.32 Å². The molecule has 1 fully saturated rings. The van der Waals surface area contributed by atoms with Gasteiger partial charge in [-0.05, 0) is 55.5 Å². The fourth-order valence-corrected chi connectivity index (χ4v) is 3.30. The predicted molar refractivity (Wildman–Crippen MR) is 92.6 cm³/mol. The Labute approximate surface area is 137 Å². The van der Waals surface area contributed by atoms with Gasteiger partial charge in [0.05, 0.1) is 6.04 Å². The summed E-state index contributed by atoms with van der Waals surface area (Å²) in [4.78, 5) is 19.4. The second-order valence-electron chi connectivity index (χ2n) is 6.05. The molecule has 2 aromatic rings. The Hall–Kier alpha value is -2.36. The van der Waals surface area contributed by atoms with Crippen LogP contribution in [0.2, 0.25) is 0 Å². The highest BCUT2D eigenvalue weighted by Gasteiger charge is 2.29. The maximum atomic E-state index is 12.9. The van der Waals surface area contributed by atoms with Crippen LogP contribution in [0.4, 0.5) is 5.82 Å². The van der Waals surface area contributed by atoms with Gasteiger partial charge in [0.15, 0.2) is 0 Å². The quantitative estimate of drug-likeness (QED) is 0.938. The van der Waals surface area contributed by atoms with Crippen molar-refractivity contribution in [1.82, 2.24) is 9.88 Å². The Morgan fingerprint density at radius 1 is 1.26 bits per heavy atom. The van der Waals surface area contributed by atoms with Crippen LogP contribution in [-0.2, 0) is 0 Å². The van der Waals surface area contributed by atoms with Crippen LogP contribution in [0.3, 0.4) is 0 Å². The summed E-state index contributed by atoms with van der Waals surface area (Å²) in [6.07, 6.45) is 5.13. The highest BCUT2D eigenvalue weighted by Crippen LogP contribution is 2.34. The minimum absolute atomic E-state index is 0.118. The summed E-state index contributed by atoms with van der Waals surface area (Å²) in [7, 11) is 1.87. The van der Waals surface area contributed by atoms with Crippen molar-refractivity contribution in [3.63, 3.8) is 0 Å². The molecule has 1 aromatic carbocycles. The number of piperidine rings is 1. The number of likely N-dealkylation sites (tertiary alicyclic amines) is 1. The Balaban J connectivity index is 1.91. The van der Waals surface area contributed by atoms with Gasteiger partial charge in [-0.25, -0.2) is 4.98 Å². The van der Waals surface area contributed by atoms with Crippen LogP contribution in [0.15, 0.2) is 42.6 Å². The third-order valence-electron chi connectivity index (χ3n) is 4.55. The van der Waals surface area contributed by atoms with Crippen molar-refractivity contribution < 1.29 is 4.79 Å². The molecular weight excluding hydrogens is 286 g/mol. The summed E-state index contributed by atoms with van der Waals surface area (Å²) >= 11 is 0. The molecule has 3 rings (SSSR count). The number of nitrogens with one attached hydrogen (secondary N) is 1. The first-order valence-corrected chi connectivity index (χ1v) is 8.21. The van der Waals surface area contributed by atoms with Crippen LogP contribution in [0, 0.1) is 6.92 Å². The number of benzene rings is 1. The SMILES string of the molecule is CNc1cc(C)c(C2CCCCN2C(=O)c2ccccc2)cn1. The number of rotatable bonds is 3. The maximum Gasteiger partial charge on any atom is 0.254 e. The number of aromatic nitrogens is 1. The lowest BCUT2D eigenvalue weighted by Crippen LogP contribution is -2.38. The number of hydrogen-bond acceptors (Lipinski definition) is 3. The van der Waals surface area contributed by atoms with Crippen LogP contribution >= 0.6 is 0 Å². The minimum atomic E-state index is 0.118. The Morgan fingerprint density at radius 3 is 2.74 bits per heavy atom. The monoisotopic (exact) mass is 309 g/mol. The first-order chi connectivity index (χ1) is 11.2. The molecule has 23 heavy (non-hydrogen) atoms. The number of carbonyl (C=O) groups excluding carboxylic acids is 1. The largest absolute Gasteiger partial charge is 0.373 e. The summed E-state index contributed by atoms with van der Waals surface area (Å²) in [5.74, 6) is 0.982. The van der Waals surface area contributed by atoms with Gasteiger partial charge in [0.1, 0.15) is 5.82 Å². The molecule has 4 nitrogen and oxygen atoms in total. The van der Waals surface area contributed by atoms with E-state index in [0.717, 1.165) is 42.8 Å². The Morgan fingerprint density at radius 2 is 2.04 bits per heavy atom. The first-order valence-electron chi connectivity index (χ1n) is 8.21. The summed E-state index contributed by atoms with van der Waals surface area (Å²) in [6, 6.07) is 11.7. The van der Waals surface area contributed by atoms with Crippen molar-refractivity contribution in [3.8, 4) is 0 Å². The first kappa shape index (κ1) is 15.5. The van der Waals surface area contributed by atoms with E-state index < -0.39 is 0 Å². The van der Waals surface area contributed by atoms with E-state index in [9.17, 15) is 4.79 Å². The third kappa shape index (κ3) is 3.21. The molecule has 1 aromatic heterocycles. The second kappa shape index (κ2) is 6.82. The van der Waals surface area contributed by atoms with Crippen LogP contribution in [0.1, 0.15) is 46.8 Å². The molecule has 2 heterocycles. The maximum absolute atomic E-state index is 12.9. The van der Waals surface area contributed by atoms with Gasteiger partial charge >= 0.3 is 0 Å². The van der Waals surface area contributed by atoms with Crippen molar-refractivity contribution in [2.24, 2.45) is 0 Å². The molecule has 0 radical (unpaired) electrons. The minimum Gasteiger partial charge on any atom is -0.373 e. The highest BCUT2D eigenvalue weighted by atomic mass is 16.2. The Kier molecular flexibility index (Phi) is 4.60. The number of hydrogen-bond donors (Lipinski definition) is 1. The van der Waals surface area contributed by atoms with Gasteiger partial charge in [0.2, 0.25) is 0 Å². The number of anilines is 1. The van der Waals surface area contributed by atoms with Gasteiger partial charge in [-0.3, -0.25) is 4.79 Å². The lowest BCUT2D eigenvalue weighted by atomic mass is 9.93. The average molecular weight is 309 g/mol. The number of carbonyl (C=O) groups is 1. The molecule has 1 unspecified atom stereocenters. The summed E-state index contributed by atoms with van der Waals surface area (Å²) < 4.78 is 0. The summed E-state index contributed by atoms with van der Waals surface area (Å²) in [5.41, 5.74) is 3.10. The molecule has 1 N–H and O–H groups in total. The smallest absolute Gasteiger partial charge is 0.254 e. The molecule has 4 heteroatoms. The van der Waals surface area contributed by atoms with E-state index in [-0.39, 0.29) is 11.9 Å². The van der Waals surface area contributed by atoms with E-state index in [0.29, 0.717) is 0 Å². The van der Waals surface area contributed by atoms with E-state index in [4.69, 9.17) is 0 Å². The van der Waals surface area contributed by atoms with Gasteiger partial charge < -0.3 is 10.2 Å². The van der Waals surface area contributed by atoms with E-state index in [1.54, 1.807) is 0 Å². The van der Waals surface area contributed by atoms with Crippen molar-refractivity contribution in [3.05, 3.63) is 59.3 Å². The zero-order valence-electron chi connectivity index (χ0n) is 13.7. The zero-order chi connectivity index (χ0) is 16.2. The molecule has 1 aliphatic rings. The van der Waals surface area contributed by atoms with Crippen molar-refractivity contribution >= 4 is 11.7 Å². The lowest BCUT2D eigenvalue weighted by molar-refractivity contribution is 0.0610. The molecule has 1 atom stereocenters. The molecule has 1 aliphatic heterocycles. The summed E-state index contributed by atoms with van der Waals surface area (Å²) in [6.45, 7) is 2.91. The topological polar surface area (TPSA) is 45.2 Å². The van der Waals surface area contributed by atoms with Gasteiger partial charge in [0, 0.05) is 25.4 Å². The van der Waals surface area contributed by atoms with Gasteiger partial charge in [-0.1, -0.05) is 18.2 Å². The van der Waals surface area contributed by atoms with Crippen LogP contribution in [-0.4, -0.2) is 29.4 Å². The molecule has 1 amide bonds. The van der Waals surface area contributed by atoms with Crippen LogP contribution in [0.5, 0.6) is 0 Å². The molecule has 0 spiro atoms. The molecular formula is C19H23N3O. The fourth-order valence-electron chi connectivity index (χ4n) is 3.30. The second-order valence-corrected chi connectivity index (χ2v) is 6.05. The molecule has 120 valence electrons. The van der Waals surface area contributed by atoms with E-state index in [1.165, 1.54) is 5.56 Å². The number of aryl methyl sites for hydroxylation is 1. The third-order valence-corrected chi connectivity index (χ3v) is 4.55. The molecule has 0 saturated carbocycles. The summed E-state index contributed by atoms with van der Waals surface area (Å²) in [5, 5.41) is 3.07. The van der Waals surface area contributed by atoms with Crippen molar-refractivity contribution in [2.45, 2.75) is 32.2 Å². The average Bonchev–Trinajstić information content (AvgIpc) is 2.62. The molecule has 1 saturated heterocycles. The molecule has 0 bridgehead atoms. The highest BCUT2D eigenvalue weighted by molar-refractivity contribution is 5.94. The van der Waals surface area contributed by atoms with Crippen LogP contribution in [0.25, 0.3) is 0 Å². The lowest BCUT2D eigenvalue weighted by Gasteiger charge is -2.36. The van der Waals surface area contributed by atoms with Crippen molar-refractivity contribution in [2.75, 3.05) is 18.9 Å². The number of nitrogens with zero attached hydrogens (tertiary/aromatic N) is 2. The fraction of sp³-hybridized carbons (Fsp3) is 0.368. The standard InChI is InChI=1S/C19H23N3O/c1-14-12-18(20-2)21-13-16(14)17-10-6-7-11-22(17)19(23)15-8-4-3-5-9-15/h3-5,8-9,12-13,17H,6-7,10-11H2,1-2H3,(H,20,21). The molecule has 0 aliphatic carbocycles. The number of pyridine rings is 1. The van der Waals surface area contributed by atoms with E-state index >= 15 is 0 Å². The number of amides is 1.